The number of halogens is 2. The van der Waals surface area contributed by atoms with Gasteiger partial charge in [0.15, 0.2) is 0 Å². The van der Waals surface area contributed by atoms with Crippen LogP contribution in [0, 0.1) is 0 Å². The summed E-state index contributed by atoms with van der Waals surface area (Å²) in [5.74, 6) is -0.310. The molecule has 0 radical (unpaired) electrons. The highest BCUT2D eigenvalue weighted by Crippen LogP contribution is 2.29. The van der Waals surface area contributed by atoms with E-state index in [9.17, 15) is 4.79 Å². The van der Waals surface area contributed by atoms with Crippen LogP contribution < -0.4 is 11.1 Å². The third kappa shape index (κ3) is 2.11. The van der Waals surface area contributed by atoms with Crippen molar-refractivity contribution in [2.75, 3.05) is 12.3 Å². The Labute approximate surface area is 92.2 Å². The van der Waals surface area contributed by atoms with Crippen molar-refractivity contribution in [3.63, 3.8) is 0 Å². The van der Waals surface area contributed by atoms with E-state index in [4.69, 9.17) is 28.9 Å². The number of carbonyl (C=O) groups is 1. The van der Waals surface area contributed by atoms with Gasteiger partial charge in [0.2, 0.25) is 0 Å². The fourth-order valence-electron chi connectivity index (χ4n) is 1.03. The lowest BCUT2D eigenvalue weighted by Gasteiger charge is -2.08. The molecule has 0 heterocycles. The van der Waals surface area contributed by atoms with E-state index in [1.165, 1.54) is 0 Å². The number of nitrogens with two attached hydrogens (primary N) is 1. The molecule has 3 N–H and O–H groups in total. The van der Waals surface area contributed by atoms with Crippen LogP contribution in [0.5, 0.6) is 0 Å². The molecular formula is C9H10Cl2N2O. The van der Waals surface area contributed by atoms with Gasteiger partial charge in [-0.05, 0) is 19.1 Å². The Balaban J connectivity index is 3.18. The first kappa shape index (κ1) is 11.1. The average molecular weight is 233 g/mol. The van der Waals surface area contributed by atoms with Gasteiger partial charge in [0.25, 0.3) is 5.91 Å². The highest BCUT2D eigenvalue weighted by molar-refractivity contribution is 6.41. The van der Waals surface area contributed by atoms with Gasteiger partial charge < -0.3 is 11.1 Å². The number of carbonyl (C=O) groups excluding carboxylic acids is 1. The predicted molar refractivity (Wildman–Crippen MR) is 58.9 cm³/mol. The highest BCUT2D eigenvalue weighted by Gasteiger charge is 2.15. The minimum Gasteiger partial charge on any atom is -0.398 e. The van der Waals surface area contributed by atoms with Crippen LogP contribution in [0.15, 0.2) is 12.1 Å². The van der Waals surface area contributed by atoms with E-state index in [1.54, 1.807) is 12.1 Å². The molecule has 1 amide bonds. The van der Waals surface area contributed by atoms with E-state index in [2.05, 4.69) is 5.32 Å². The summed E-state index contributed by atoms with van der Waals surface area (Å²) in [6, 6.07) is 3.11. The van der Waals surface area contributed by atoms with E-state index in [0.717, 1.165) is 0 Å². The Morgan fingerprint density at radius 3 is 2.71 bits per heavy atom. The third-order valence-electron chi connectivity index (χ3n) is 1.69. The fraction of sp³-hybridized carbons (Fsp3) is 0.222. The van der Waals surface area contributed by atoms with Crippen molar-refractivity contribution < 1.29 is 4.79 Å². The van der Waals surface area contributed by atoms with Crippen LogP contribution in [0.1, 0.15) is 17.3 Å². The van der Waals surface area contributed by atoms with Crippen LogP contribution in [0.25, 0.3) is 0 Å². The molecule has 0 spiro atoms. The van der Waals surface area contributed by atoms with Gasteiger partial charge in [-0.2, -0.15) is 0 Å². The first-order valence-electron chi connectivity index (χ1n) is 4.09. The van der Waals surface area contributed by atoms with Crippen LogP contribution in [-0.2, 0) is 0 Å². The summed E-state index contributed by atoms with van der Waals surface area (Å²) in [6.07, 6.45) is 0. The molecule has 5 heteroatoms. The molecule has 1 aromatic carbocycles. The normalized spacial score (nSPS) is 9.93. The molecule has 0 fully saturated rings. The Morgan fingerprint density at radius 2 is 2.14 bits per heavy atom. The largest absolute Gasteiger partial charge is 0.398 e. The summed E-state index contributed by atoms with van der Waals surface area (Å²) < 4.78 is 0. The predicted octanol–water partition coefficient (Wildman–Crippen LogP) is 2.33. The maximum absolute atomic E-state index is 11.5. The minimum atomic E-state index is -0.310. The Hall–Kier alpha value is -0.930. The van der Waals surface area contributed by atoms with Crippen molar-refractivity contribution in [1.29, 1.82) is 0 Å². The second kappa shape index (κ2) is 4.53. The second-order valence-electron chi connectivity index (χ2n) is 2.69. The topological polar surface area (TPSA) is 55.1 Å². The molecule has 14 heavy (non-hydrogen) atoms. The first-order chi connectivity index (χ1) is 6.57. The number of nitrogen functional groups attached to an aromatic ring is 1. The maximum atomic E-state index is 11.5. The van der Waals surface area contributed by atoms with Crippen molar-refractivity contribution in [3.8, 4) is 0 Å². The number of nitrogens with one attached hydrogen (secondary N) is 1. The smallest absolute Gasteiger partial charge is 0.254 e. The standard InChI is InChI=1S/C9H10Cl2N2O/c1-2-13-9(14)7-5(10)3-4-6(12)8(7)11/h3-4H,2,12H2,1H3,(H,13,14). The molecule has 0 saturated carbocycles. The number of hydrogen-bond acceptors (Lipinski definition) is 2. The highest BCUT2D eigenvalue weighted by atomic mass is 35.5. The van der Waals surface area contributed by atoms with Crippen molar-refractivity contribution >= 4 is 34.8 Å². The molecule has 0 aliphatic heterocycles. The van der Waals surface area contributed by atoms with Crippen molar-refractivity contribution in [2.24, 2.45) is 0 Å². The average Bonchev–Trinajstić information content (AvgIpc) is 2.13. The summed E-state index contributed by atoms with van der Waals surface area (Å²) in [7, 11) is 0. The zero-order chi connectivity index (χ0) is 10.7. The van der Waals surface area contributed by atoms with Crippen molar-refractivity contribution in [3.05, 3.63) is 27.7 Å². The molecule has 0 aliphatic rings. The van der Waals surface area contributed by atoms with Gasteiger partial charge in [0.1, 0.15) is 0 Å². The zero-order valence-corrected chi connectivity index (χ0v) is 9.12. The Kier molecular flexibility index (Phi) is 3.61. The zero-order valence-electron chi connectivity index (χ0n) is 7.60. The SMILES string of the molecule is CCNC(=O)c1c(Cl)ccc(N)c1Cl. The lowest BCUT2D eigenvalue weighted by Crippen LogP contribution is -2.23. The summed E-state index contributed by atoms with van der Waals surface area (Å²) in [5, 5.41) is 3.11. The van der Waals surface area contributed by atoms with Crippen molar-refractivity contribution in [1.82, 2.24) is 5.32 Å². The lowest BCUT2D eigenvalue weighted by atomic mass is 10.2. The molecule has 0 aliphatic carbocycles. The van der Waals surface area contributed by atoms with Gasteiger partial charge in [-0.15, -0.1) is 0 Å². The summed E-state index contributed by atoms with van der Waals surface area (Å²) in [5.41, 5.74) is 6.13. The molecule has 1 rings (SSSR count). The number of amides is 1. The summed E-state index contributed by atoms with van der Waals surface area (Å²) in [4.78, 5) is 11.5. The minimum absolute atomic E-state index is 0.198. The van der Waals surface area contributed by atoms with E-state index in [0.29, 0.717) is 17.3 Å². The van der Waals surface area contributed by atoms with Gasteiger partial charge in [-0.1, -0.05) is 23.2 Å². The fourth-order valence-corrected chi connectivity index (χ4v) is 1.57. The monoisotopic (exact) mass is 232 g/mol. The lowest BCUT2D eigenvalue weighted by molar-refractivity contribution is 0.0956. The van der Waals surface area contributed by atoms with Gasteiger partial charge in [-0.3, -0.25) is 4.79 Å². The van der Waals surface area contributed by atoms with E-state index < -0.39 is 0 Å². The van der Waals surface area contributed by atoms with Crippen molar-refractivity contribution in [2.45, 2.75) is 6.92 Å². The Morgan fingerprint density at radius 1 is 1.50 bits per heavy atom. The quantitative estimate of drug-likeness (QED) is 0.770. The van der Waals surface area contributed by atoms with E-state index >= 15 is 0 Å². The summed E-state index contributed by atoms with van der Waals surface area (Å²) in [6.45, 7) is 2.33. The van der Waals surface area contributed by atoms with Gasteiger partial charge in [0, 0.05) is 6.54 Å². The third-order valence-corrected chi connectivity index (χ3v) is 2.41. The Bertz CT molecular complexity index is 366. The summed E-state index contributed by atoms with van der Waals surface area (Å²) >= 11 is 11.7. The van der Waals surface area contributed by atoms with E-state index in [1.807, 2.05) is 6.92 Å². The molecule has 0 unspecified atom stereocenters. The van der Waals surface area contributed by atoms with Crippen LogP contribution in [-0.4, -0.2) is 12.5 Å². The number of rotatable bonds is 2. The van der Waals surface area contributed by atoms with E-state index in [-0.39, 0.29) is 16.5 Å². The number of anilines is 1. The number of benzene rings is 1. The van der Waals surface area contributed by atoms with Gasteiger partial charge >= 0.3 is 0 Å². The van der Waals surface area contributed by atoms with Crippen LogP contribution >= 0.6 is 23.2 Å². The first-order valence-corrected chi connectivity index (χ1v) is 4.85. The van der Waals surface area contributed by atoms with Crippen LogP contribution in [0.3, 0.4) is 0 Å². The molecule has 0 bridgehead atoms. The second-order valence-corrected chi connectivity index (χ2v) is 3.47. The molecule has 0 aromatic heterocycles. The van der Waals surface area contributed by atoms with Crippen LogP contribution in [0.2, 0.25) is 10.0 Å². The molecule has 0 saturated heterocycles. The van der Waals surface area contributed by atoms with Gasteiger partial charge in [-0.25, -0.2) is 0 Å². The van der Waals surface area contributed by atoms with Gasteiger partial charge in [0.05, 0.1) is 21.3 Å². The maximum Gasteiger partial charge on any atom is 0.254 e. The molecular weight excluding hydrogens is 223 g/mol. The molecule has 0 atom stereocenters. The molecule has 76 valence electrons. The van der Waals surface area contributed by atoms with Crippen LogP contribution in [0.4, 0.5) is 5.69 Å². The molecule has 1 aromatic rings. The molecule has 3 nitrogen and oxygen atoms in total. The number of hydrogen-bond donors (Lipinski definition) is 2.